The van der Waals surface area contributed by atoms with E-state index in [1.54, 1.807) is 13.0 Å². The molecule has 2 aromatic carbocycles. The van der Waals surface area contributed by atoms with Gasteiger partial charge in [0.2, 0.25) is 0 Å². The molecule has 24 heavy (non-hydrogen) atoms. The average molecular weight is 322 g/mol. The summed E-state index contributed by atoms with van der Waals surface area (Å²) in [5.74, 6) is -0.468. The molecule has 1 fully saturated rings. The summed E-state index contributed by atoms with van der Waals surface area (Å²) in [6.45, 7) is 2.08. The van der Waals surface area contributed by atoms with E-state index < -0.39 is 5.41 Å². The maximum atomic E-state index is 13.1. The number of hydrogen-bond donors (Lipinski definition) is 1. The molecular formula is C20H18O4. The minimum absolute atomic E-state index is 0.0195. The van der Waals surface area contributed by atoms with Crippen LogP contribution in [-0.4, -0.2) is 23.5 Å². The zero-order chi connectivity index (χ0) is 16.9. The first-order valence-electron chi connectivity index (χ1n) is 8.23. The van der Waals surface area contributed by atoms with Crippen LogP contribution >= 0.6 is 0 Å². The van der Waals surface area contributed by atoms with Crippen LogP contribution in [0.5, 0.6) is 0 Å². The van der Waals surface area contributed by atoms with Gasteiger partial charge in [-0.05, 0) is 25.2 Å². The van der Waals surface area contributed by atoms with Gasteiger partial charge in [-0.3, -0.25) is 9.59 Å². The van der Waals surface area contributed by atoms with Crippen molar-refractivity contribution in [2.45, 2.75) is 26.2 Å². The minimum atomic E-state index is -0.580. The maximum absolute atomic E-state index is 13.1. The van der Waals surface area contributed by atoms with Gasteiger partial charge in [0.1, 0.15) is 5.76 Å². The van der Waals surface area contributed by atoms with Crippen LogP contribution in [0.15, 0.2) is 42.0 Å². The molecule has 0 heterocycles. The van der Waals surface area contributed by atoms with E-state index >= 15 is 0 Å². The molecule has 0 radical (unpaired) electrons. The second kappa shape index (κ2) is 5.20. The molecule has 0 saturated heterocycles. The van der Waals surface area contributed by atoms with Gasteiger partial charge in [0.25, 0.3) is 0 Å². The Morgan fingerprint density at radius 1 is 1.17 bits per heavy atom. The van der Waals surface area contributed by atoms with E-state index in [1.807, 2.05) is 30.3 Å². The highest BCUT2D eigenvalue weighted by Crippen LogP contribution is 2.58. The maximum Gasteiger partial charge on any atom is 0.306 e. The lowest BCUT2D eigenvalue weighted by Gasteiger charge is -2.25. The van der Waals surface area contributed by atoms with Crippen LogP contribution < -0.4 is 0 Å². The Kier molecular flexibility index (Phi) is 3.23. The number of ether oxygens (including phenoxy) is 1. The first-order chi connectivity index (χ1) is 11.6. The molecular weight excluding hydrogens is 304 g/mol. The molecule has 4 heteroatoms. The molecule has 4 rings (SSSR count). The first kappa shape index (κ1) is 14.9. The molecule has 0 aromatic heterocycles. The smallest absolute Gasteiger partial charge is 0.306 e. The third kappa shape index (κ3) is 2.06. The van der Waals surface area contributed by atoms with Crippen LogP contribution in [0.1, 0.15) is 42.1 Å². The second-order valence-corrected chi connectivity index (χ2v) is 6.52. The zero-order valence-electron chi connectivity index (χ0n) is 13.5. The molecule has 0 spiro atoms. The third-order valence-electron chi connectivity index (χ3n) is 5.04. The Bertz CT molecular complexity index is 898. The highest BCUT2D eigenvalue weighted by atomic mass is 16.5. The topological polar surface area (TPSA) is 63.6 Å². The number of aliphatic hydroxyl groups excluding tert-OH is 1. The van der Waals surface area contributed by atoms with Gasteiger partial charge >= 0.3 is 5.97 Å². The number of Topliss-reactive ketones (excluding diaryl/α,β-unsaturated/α-hetero) is 1. The number of ketones is 1. The lowest BCUT2D eigenvalue weighted by atomic mass is 9.78. The molecule has 2 aromatic rings. The van der Waals surface area contributed by atoms with Crippen LogP contribution in [-0.2, 0) is 9.53 Å². The van der Waals surface area contributed by atoms with E-state index in [0.717, 1.165) is 23.6 Å². The minimum Gasteiger partial charge on any atom is -0.507 e. The zero-order valence-corrected chi connectivity index (χ0v) is 13.5. The quantitative estimate of drug-likeness (QED) is 0.863. The Labute approximate surface area is 139 Å². The van der Waals surface area contributed by atoms with Gasteiger partial charge in [-0.25, -0.2) is 0 Å². The molecule has 0 unspecified atom stereocenters. The van der Waals surface area contributed by atoms with Gasteiger partial charge in [0.15, 0.2) is 5.78 Å². The molecule has 2 aliphatic rings. The van der Waals surface area contributed by atoms with E-state index in [-0.39, 0.29) is 23.9 Å². The number of esters is 1. The fourth-order valence-corrected chi connectivity index (χ4v) is 3.75. The van der Waals surface area contributed by atoms with Gasteiger partial charge in [-0.2, -0.15) is 0 Å². The number of benzene rings is 2. The van der Waals surface area contributed by atoms with Gasteiger partial charge in [0.05, 0.1) is 13.0 Å². The molecule has 122 valence electrons. The normalized spacial score (nSPS) is 18.0. The van der Waals surface area contributed by atoms with Crippen molar-refractivity contribution >= 4 is 28.3 Å². The Balaban J connectivity index is 1.86. The number of allylic oxidation sites excluding steroid dienone is 1. The highest BCUT2D eigenvalue weighted by Gasteiger charge is 2.53. The van der Waals surface area contributed by atoms with Crippen molar-refractivity contribution in [1.29, 1.82) is 0 Å². The van der Waals surface area contributed by atoms with Crippen molar-refractivity contribution in [2.24, 2.45) is 5.41 Å². The first-order valence-corrected chi connectivity index (χ1v) is 8.23. The summed E-state index contributed by atoms with van der Waals surface area (Å²) in [5, 5.41) is 12.5. The monoisotopic (exact) mass is 322 g/mol. The Hall–Kier alpha value is -2.62. The average Bonchev–Trinajstić information content (AvgIpc) is 3.32. The standard InChI is InChI=1S/C20H18O4/c1-2-24-15(21)11-20(9-10-20)17-18(22)13-7-3-5-12-6-4-8-14(16(12)13)19(17)23/h3-8,22H,2,9-11H2,1H3. The van der Waals surface area contributed by atoms with Crippen molar-refractivity contribution in [3.05, 3.63) is 53.1 Å². The van der Waals surface area contributed by atoms with Crippen molar-refractivity contribution in [3.8, 4) is 0 Å². The SMILES string of the molecule is CCOC(=O)CC1(C2=C(O)c3cccc4cccc(c34)C2=O)CC1. The summed E-state index contributed by atoms with van der Waals surface area (Å²) >= 11 is 0. The number of carbonyl (C=O) groups excluding carboxylic acids is 2. The fourth-order valence-electron chi connectivity index (χ4n) is 3.75. The van der Waals surface area contributed by atoms with Crippen LogP contribution in [0.3, 0.4) is 0 Å². The Morgan fingerprint density at radius 2 is 1.83 bits per heavy atom. The second-order valence-electron chi connectivity index (χ2n) is 6.52. The van der Waals surface area contributed by atoms with Gasteiger partial charge in [-0.1, -0.05) is 36.4 Å². The van der Waals surface area contributed by atoms with Crippen molar-refractivity contribution < 1.29 is 19.4 Å². The lowest BCUT2D eigenvalue weighted by Crippen LogP contribution is -2.23. The number of carbonyl (C=O) groups is 2. The van der Waals surface area contributed by atoms with Crippen molar-refractivity contribution in [1.82, 2.24) is 0 Å². The van der Waals surface area contributed by atoms with Crippen LogP contribution in [0.2, 0.25) is 0 Å². The summed E-state index contributed by atoms with van der Waals surface area (Å²) in [6, 6.07) is 11.2. The number of rotatable bonds is 4. The predicted molar refractivity (Wildman–Crippen MR) is 90.7 cm³/mol. The fraction of sp³-hybridized carbons (Fsp3) is 0.300. The predicted octanol–water partition coefficient (Wildman–Crippen LogP) is 4.04. The molecule has 2 aliphatic carbocycles. The van der Waals surface area contributed by atoms with Gasteiger partial charge < -0.3 is 9.84 Å². The summed E-state index contributed by atoms with van der Waals surface area (Å²) in [4.78, 5) is 25.0. The molecule has 0 aliphatic heterocycles. The largest absolute Gasteiger partial charge is 0.507 e. The van der Waals surface area contributed by atoms with E-state index in [2.05, 4.69) is 0 Å². The third-order valence-corrected chi connectivity index (χ3v) is 5.04. The van der Waals surface area contributed by atoms with E-state index in [0.29, 0.717) is 23.3 Å². The highest BCUT2D eigenvalue weighted by molar-refractivity contribution is 6.25. The number of aliphatic hydroxyl groups is 1. The van der Waals surface area contributed by atoms with Crippen molar-refractivity contribution in [3.63, 3.8) is 0 Å². The summed E-state index contributed by atoms with van der Waals surface area (Å²) in [7, 11) is 0. The summed E-state index contributed by atoms with van der Waals surface area (Å²) in [6.07, 6.45) is 1.58. The Morgan fingerprint density at radius 3 is 2.46 bits per heavy atom. The summed E-state index contributed by atoms with van der Waals surface area (Å²) in [5.41, 5.74) is 1.07. The van der Waals surface area contributed by atoms with Gasteiger partial charge in [-0.15, -0.1) is 0 Å². The van der Waals surface area contributed by atoms with Crippen LogP contribution in [0.4, 0.5) is 0 Å². The lowest BCUT2D eigenvalue weighted by molar-refractivity contribution is -0.144. The van der Waals surface area contributed by atoms with E-state index in [4.69, 9.17) is 4.74 Å². The molecule has 4 nitrogen and oxygen atoms in total. The van der Waals surface area contributed by atoms with Gasteiger partial charge in [0, 0.05) is 27.5 Å². The molecule has 0 atom stereocenters. The van der Waals surface area contributed by atoms with Crippen LogP contribution in [0, 0.1) is 5.41 Å². The number of hydrogen-bond acceptors (Lipinski definition) is 4. The van der Waals surface area contributed by atoms with Crippen LogP contribution in [0.25, 0.3) is 16.5 Å². The summed E-state index contributed by atoms with van der Waals surface area (Å²) < 4.78 is 5.05. The van der Waals surface area contributed by atoms with E-state index in [9.17, 15) is 14.7 Å². The molecule has 1 N–H and O–H groups in total. The molecule has 1 saturated carbocycles. The van der Waals surface area contributed by atoms with Crippen molar-refractivity contribution in [2.75, 3.05) is 6.61 Å². The molecule has 0 amide bonds. The molecule has 0 bridgehead atoms. The van der Waals surface area contributed by atoms with E-state index in [1.165, 1.54) is 0 Å².